The maximum Gasteiger partial charge on any atom is 0.328 e. The molecule has 0 atom stereocenters. The average Bonchev–Trinajstić information content (AvgIpc) is 3.02. The van der Waals surface area contributed by atoms with E-state index in [9.17, 15) is 18.0 Å². The van der Waals surface area contributed by atoms with Crippen molar-refractivity contribution in [2.75, 3.05) is 12.4 Å². The van der Waals surface area contributed by atoms with E-state index in [4.69, 9.17) is 0 Å². The molecule has 0 aliphatic heterocycles. The molecule has 1 fully saturated rings. The summed E-state index contributed by atoms with van der Waals surface area (Å²) < 4.78 is 30.8. The highest BCUT2D eigenvalue weighted by atomic mass is 32.2. The second-order valence-corrected chi connectivity index (χ2v) is 10.4. The molecule has 1 N–H and O–H groups in total. The molecule has 1 aliphatic rings. The number of hydrogen-bond donors (Lipinski definition) is 1. The summed E-state index contributed by atoms with van der Waals surface area (Å²) in [6, 6.07) is 11.3. The fourth-order valence-electron chi connectivity index (χ4n) is 4.39. The summed E-state index contributed by atoms with van der Waals surface area (Å²) in [5.74, 6) is -0.414. The molecule has 1 aliphatic carbocycles. The standard InChI is InChI=1S/C23H28N4O4S/c1-25-20-13-12-17(15-21(20)26(2)23(25)29)24-22(28)16-8-7-11-19(14-16)32(30,31)27(3)18-9-5-4-6-10-18/h7-8,11-15,18H,4-6,9-10H2,1-3H3,(H,24,28). The molecular weight excluding hydrogens is 428 g/mol. The van der Waals surface area contributed by atoms with Gasteiger partial charge in [-0.25, -0.2) is 13.2 Å². The first-order chi connectivity index (χ1) is 15.2. The van der Waals surface area contributed by atoms with Gasteiger partial charge in [0.25, 0.3) is 5.91 Å². The first-order valence-corrected chi connectivity index (χ1v) is 12.2. The summed E-state index contributed by atoms with van der Waals surface area (Å²) in [5, 5.41) is 2.81. The van der Waals surface area contributed by atoms with Crippen LogP contribution in [0.25, 0.3) is 11.0 Å². The van der Waals surface area contributed by atoms with Crippen molar-refractivity contribution in [2.45, 2.75) is 43.0 Å². The molecule has 0 unspecified atom stereocenters. The Hall–Kier alpha value is -2.91. The number of fused-ring (bicyclic) bond motifs is 1. The third-order valence-electron chi connectivity index (χ3n) is 6.39. The average molecular weight is 457 g/mol. The van der Waals surface area contributed by atoms with Crippen LogP contribution in [0.1, 0.15) is 42.5 Å². The van der Waals surface area contributed by atoms with Gasteiger partial charge in [0.2, 0.25) is 10.0 Å². The van der Waals surface area contributed by atoms with E-state index in [1.54, 1.807) is 51.5 Å². The van der Waals surface area contributed by atoms with Crippen LogP contribution in [0.15, 0.2) is 52.2 Å². The number of aryl methyl sites for hydroxylation is 2. The molecule has 9 heteroatoms. The summed E-state index contributed by atoms with van der Waals surface area (Å²) in [6.45, 7) is 0. The van der Waals surface area contributed by atoms with Crippen molar-refractivity contribution in [3.8, 4) is 0 Å². The van der Waals surface area contributed by atoms with Gasteiger partial charge in [-0.05, 0) is 49.2 Å². The van der Waals surface area contributed by atoms with Gasteiger partial charge in [-0.2, -0.15) is 4.31 Å². The Morgan fingerprint density at radius 2 is 1.69 bits per heavy atom. The minimum absolute atomic E-state index is 0.00419. The molecule has 0 spiro atoms. The van der Waals surface area contributed by atoms with E-state index in [-0.39, 0.29) is 22.2 Å². The predicted molar refractivity (Wildman–Crippen MR) is 124 cm³/mol. The van der Waals surface area contributed by atoms with Crippen molar-refractivity contribution >= 4 is 32.7 Å². The molecular formula is C23H28N4O4S. The van der Waals surface area contributed by atoms with Crippen LogP contribution in [0, 0.1) is 0 Å². The molecule has 170 valence electrons. The summed E-state index contributed by atoms with van der Waals surface area (Å²) in [4.78, 5) is 25.1. The van der Waals surface area contributed by atoms with Gasteiger partial charge in [0.05, 0.1) is 15.9 Å². The minimum atomic E-state index is -3.69. The van der Waals surface area contributed by atoms with Gasteiger partial charge in [-0.15, -0.1) is 0 Å². The van der Waals surface area contributed by atoms with Gasteiger partial charge in [0.15, 0.2) is 0 Å². The largest absolute Gasteiger partial charge is 0.328 e. The van der Waals surface area contributed by atoms with Crippen LogP contribution >= 0.6 is 0 Å². The number of nitrogens with one attached hydrogen (secondary N) is 1. The lowest BCUT2D eigenvalue weighted by atomic mass is 9.96. The minimum Gasteiger partial charge on any atom is -0.322 e. The lowest BCUT2D eigenvalue weighted by Gasteiger charge is -2.30. The molecule has 0 bridgehead atoms. The number of aromatic nitrogens is 2. The highest BCUT2D eigenvalue weighted by Crippen LogP contribution is 2.27. The number of sulfonamides is 1. The Morgan fingerprint density at radius 1 is 1.00 bits per heavy atom. The fraction of sp³-hybridized carbons (Fsp3) is 0.391. The summed E-state index contributed by atoms with van der Waals surface area (Å²) >= 11 is 0. The predicted octanol–water partition coefficient (Wildman–Crippen LogP) is 3.08. The Bertz CT molecular complexity index is 1330. The molecule has 0 saturated heterocycles. The maximum atomic E-state index is 13.1. The normalized spacial score (nSPS) is 15.4. The second-order valence-electron chi connectivity index (χ2n) is 8.40. The lowest BCUT2D eigenvalue weighted by Crippen LogP contribution is -2.38. The molecule has 0 radical (unpaired) electrons. The van der Waals surface area contributed by atoms with E-state index in [2.05, 4.69) is 5.32 Å². The van der Waals surface area contributed by atoms with E-state index in [1.165, 1.54) is 25.6 Å². The van der Waals surface area contributed by atoms with Crippen LogP contribution < -0.4 is 11.0 Å². The van der Waals surface area contributed by atoms with Crippen LogP contribution in [0.3, 0.4) is 0 Å². The molecule has 32 heavy (non-hydrogen) atoms. The van der Waals surface area contributed by atoms with Gasteiger partial charge < -0.3 is 5.32 Å². The van der Waals surface area contributed by atoms with Crippen molar-refractivity contribution in [1.29, 1.82) is 0 Å². The highest BCUT2D eigenvalue weighted by Gasteiger charge is 2.29. The van der Waals surface area contributed by atoms with Gasteiger partial charge in [-0.3, -0.25) is 13.9 Å². The van der Waals surface area contributed by atoms with Crippen molar-refractivity contribution in [3.05, 3.63) is 58.5 Å². The lowest BCUT2D eigenvalue weighted by molar-refractivity contribution is 0.102. The molecule has 1 aromatic heterocycles. The first-order valence-electron chi connectivity index (χ1n) is 10.7. The van der Waals surface area contributed by atoms with Crippen LogP contribution in [-0.2, 0) is 24.1 Å². The van der Waals surface area contributed by atoms with Crippen molar-refractivity contribution in [2.24, 2.45) is 14.1 Å². The molecule has 8 nitrogen and oxygen atoms in total. The monoisotopic (exact) mass is 456 g/mol. The van der Waals surface area contributed by atoms with Crippen LogP contribution in [0.2, 0.25) is 0 Å². The van der Waals surface area contributed by atoms with Gasteiger partial charge >= 0.3 is 5.69 Å². The van der Waals surface area contributed by atoms with Crippen molar-refractivity contribution in [3.63, 3.8) is 0 Å². The molecule has 2 aromatic carbocycles. The summed E-state index contributed by atoms with van der Waals surface area (Å²) in [7, 11) is 1.30. The number of carbonyl (C=O) groups excluding carboxylic acids is 1. The highest BCUT2D eigenvalue weighted by molar-refractivity contribution is 7.89. The molecule has 1 heterocycles. The molecule has 1 saturated carbocycles. The van der Waals surface area contributed by atoms with E-state index in [0.29, 0.717) is 11.2 Å². The van der Waals surface area contributed by atoms with E-state index in [1.807, 2.05) is 0 Å². The fourth-order valence-corrected chi connectivity index (χ4v) is 5.86. The third-order valence-corrected chi connectivity index (χ3v) is 8.30. The Balaban J connectivity index is 1.58. The number of benzene rings is 2. The topological polar surface area (TPSA) is 93.4 Å². The van der Waals surface area contributed by atoms with E-state index in [0.717, 1.165) is 37.6 Å². The number of carbonyl (C=O) groups is 1. The summed E-state index contributed by atoms with van der Waals surface area (Å²) in [6.07, 6.45) is 4.93. The van der Waals surface area contributed by atoms with E-state index >= 15 is 0 Å². The molecule has 3 aromatic rings. The zero-order chi connectivity index (χ0) is 23.0. The number of nitrogens with zero attached hydrogens (tertiary/aromatic N) is 3. The zero-order valence-corrected chi connectivity index (χ0v) is 19.4. The van der Waals surface area contributed by atoms with Crippen LogP contribution in [0.5, 0.6) is 0 Å². The van der Waals surface area contributed by atoms with Gasteiger partial charge in [0.1, 0.15) is 0 Å². The van der Waals surface area contributed by atoms with Crippen LogP contribution in [-0.4, -0.2) is 40.9 Å². The third kappa shape index (κ3) is 3.98. The Morgan fingerprint density at radius 3 is 2.41 bits per heavy atom. The maximum absolute atomic E-state index is 13.1. The molecule has 1 amide bonds. The summed E-state index contributed by atoms with van der Waals surface area (Å²) in [5.41, 5.74) is 2.08. The van der Waals surface area contributed by atoms with Gasteiger partial charge in [0, 0.05) is 38.4 Å². The SMILES string of the molecule is CN(C1CCCCC1)S(=O)(=O)c1cccc(C(=O)Nc2ccc3c(c2)n(C)c(=O)n3C)c1. The number of imidazole rings is 1. The van der Waals surface area contributed by atoms with Crippen molar-refractivity contribution in [1.82, 2.24) is 13.4 Å². The Labute approximate surface area is 187 Å². The number of amides is 1. The number of rotatable bonds is 5. The van der Waals surface area contributed by atoms with E-state index < -0.39 is 15.9 Å². The number of hydrogen-bond acceptors (Lipinski definition) is 4. The number of anilines is 1. The van der Waals surface area contributed by atoms with Crippen LogP contribution in [0.4, 0.5) is 5.69 Å². The quantitative estimate of drug-likeness (QED) is 0.639. The Kier molecular flexibility index (Phi) is 5.96. The first kappa shape index (κ1) is 22.3. The van der Waals surface area contributed by atoms with Crippen molar-refractivity contribution < 1.29 is 13.2 Å². The second kappa shape index (κ2) is 8.55. The molecule has 4 rings (SSSR count). The smallest absolute Gasteiger partial charge is 0.322 e. The zero-order valence-electron chi connectivity index (χ0n) is 18.5. The van der Waals surface area contributed by atoms with Gasteiger partial charge in [-0.1, -0.05) is 25.3 Å².